The van der Waals surface area contributed by atoms with Crippen LogP contribution in [0, 0.1) is 6.92 Å². The van der Waals surface area contributed by atoms with Gasteiger partial charge in [-0.3, -0.25) is 4.79 Å². The molecule has 198 valence electrons. The van der Waals surface area contributed by atoms with Crippen LogP contribution in [-0.2, 0) is 17.1 Å². The fourth-order valence-electron chi connectivity index (χ4n) is 4.01. The molecular formula is C23H27F6N5O2. The van der Waals surface area contributed by atoms with E-state index in [2.05, 4.69) is 20.6 Å². The molecule has 0 saturated heterocycles. The van der Waals surface area contributed by atoms with Crippen molar-refractivity contribution in [1.29, 1.82) is 0 Å². The number of aliphatic hydroxyl groups is 1. The Morgan fingerprint density at radius 1 is 0.944 bits per heavy atom. The Bertz CT molecular complexity index is 1050. The quantitative estimate of drug-likeness (QED) is 0.489. The van der Waals surface area contributed by atoms with Crippen molar-refractivity contribution in [2.24, 2.45) is 0 Å². The van der Waals surface area contributed by atoms with Crippen molar-refractivity contribution >= 4 is 17.5 Å². The highest BCUT2D eigenvalue weighted by Gasteiger charge is 2.38. The molecule has 0 spiro atoms. The van der Waals surface area contributed by atoms with E-state index >= 15 is 0 Å². The second-order valence-electron chi connectivity index (χ2n) is 9.00. The molecule has 0 aliphatic heterocycles. The largest absolute Gasteiger partial charge is 0.416 e. The van der Waals surface area contributed by atoms with E-state index in [0.29, 0.717) is 49.5 Å². The molecule has 1 atom stereocenters. The zero-order valence-electron chi connectivity index (χ0n) is 19.8. The van der Waals surface area contributed by atoms with Crippen LogP contribution < -0.4 is 15.5 Å². The standard InChI is InChI=1S/C23H27F6N5O2/c1-12-30-18(11-19(31-12)34(2)3)32-16-4-6-17(7-5-16)33-21(36)20(35)13-8-14(22(24,25)26)10-15(9-13)23(27,28)29/h8-11,16-17,20,35H,4-7H2,1-3H3,(H,33,36)(H,30,31,32)/t16-,17+,20?. The molecule has 0 radical (unpaired) electrons. The van der Waals surface area contributed by atoms with Gasteiger partial charge in [-0.25, -0.2) is 9.97 Å². The topological polar surface area (TPSA) is 90.4 Å². The SMILES string of the molecule is Cc1nc(N[C@H]2CC[C@@H](NC(=O)C(O)c3cc(C(F)(F)F)cc(C(F)(F)F)c3)CC2)cc(N(C)C)n1. The lowest BCUT2D eigenvalue weighted by Crippen LogP contribution is -2.42. The maximum atomic E-state index is 13.1. The van der Waals surface area contributed by atoms with Gasteiger partial charge in [0, 0.05) is 32.2 Å². The Labute approximate surface area is 203 Å². The lowest BCUT2D eigenvalue weighted by atomic mass is 9.90. The van der Waals surface area contributed by atoms with E-state index in [1.54, 1.807) is 6.92 Å². The number of rotatable bonds is 6. The summed E-state index contributed by atoms with van der Waals surface area (Å²) in [5.41, 5.74) is -3.97. The number of hydrogen-bond acceptors (Lipinski definition) is 6. The maximum absolute atomic E-state index is 13.1. The summed E-state index contributed by atoms with van der Waals surface area (Å²) in [6.45, 7) is 1.78. The number of aryl methyl sites for hydroxylation is 1. The zero-order valence-corrected chi connectivity index (χ0v) is 19.8. The number of aliphatic hydroxyl groups excluding tert-OH is 1. The highest BCUT2D eigenvalue weighted by molar-refractivity contribution is 5.82. The van der Waals surface area contributed by atoms with E-state index < -0.39 is 41.1 Å². The summed E-state index contributed by atoms with van der Waals surface area (Å²) in [7, 11) is 3.72. The number of carbonyl (C=O) groups is 1. The van der Waals surface area contributed by atoms with Gasteiger partial charge in [-0.1, -0.05) is 0 Å². The Balaban J connectivity index is 1.62. The first-order valence-corrected chi connectivity index (χ1v) is 11.2. The minimum Gasteiger partial charge on any atom is -0.378 e. The van der Waals surface area contributed by atoms with E-state index in [1.807, 2.05) is 25.1 Å². The predicted molar refractivity (Wildman–Crippen MR) is 120 cm³/mol. The zero-order chi connectivity index (χ0) is 26.8. The summed E-state index contributed by atoms with van der Waals surface area (Å²) in [6.07, 6.45) is -10.1. The van der Waals surface area contributed by atoms with E-state index in [0.717, 1.165) is 5.82 Å². The second-order valence-corrected chi connectivity index (χ2v) is 9.00. The minimum absolute atomic E-state index is 0.0465. The van der Waals surface area contributed by atoms with Crippen molar-refractivity contribution < 1.29 is 36.2 Å². The molecule has 1 amide bonds. The molecule has 1 saturated carbocycles. The van der Waals surface area contributed by atoms with Crippen molar-refractivity contribution in [2.75, 3.05) is 24.3 Å². The van der Waals surface area contributed by atoms with Gasteiger partial charge in [0.05, 0.1) is 11.1 Å². The van der Waals surface area contributed by atoms with E-state index in [9.17, 15) is 36.2 Å². The normalized spacial score (nSPS) is 19.5. The van der Waals surface area contributed by atoms with Crippen molar-refractivity contribution in [3.05, 3.63) is 46.8 Å². The smallest absolute Gasteiger partial charge is 0.378 e. The molecule has 36 heavy (non-hydrogen) atoms. The summed E-state index contributed by atoms with van der Waals surface area (Å²) >= 11 is 0. The second kappa shape index (κ2) is 10.5. The number of hydrogen-bond donors (Lipinski definition) is 3. The summed E-state index contributed by atoms with van der Waals surface area (Å²) in [5.74, 6) is 0.935. The molecule has 13 heteroatoms. The number of nitrogens with zero attached hydrogens (tertiary/aromatic N) is 3. The van der Waals surface area contributed by atoms with Gasteiger partial charge in [-0.2, -0.15) is 26.3 Å². The van der Waals surface area contributed by atoms with Crippen molar-refractivity contribution in [1.82, 2.24) is 15.3 Å². The molecule has 1 aliphatic carbocycles. The summed E-state index contributed by atoms with van der Waals surface area (Å²) in [6, 6.07) is 2.12. The molecule has 1 aromatic heterocycles. The predicted octanol–water partition coefficient (Wildman–Crippen LogP) is 4.46. The number of anilines is 2. The van der Waals surface area contributed by atoms with Gasteiger partial charge in [0.2, 0.25) is 0 Å². The van der Waals surface area contributed by atoms with Crippen LogP contribution in [0.1, 0.15) is 54.3 Å². The highest BCUT2D eigenvalue weighted by Crippen LogP contribution is 2.37. The van der Waals surface area contributed by atoms with Crippen LogP contribution in [0.15, 0.2) is 24.3 Å². The first kappa shape index (κ1) is 27.5. The highest BCUT2D eigenvalue weighted by atomic mass is 19.4. The molecule has 1 heterocycles. The number of halogens is 6. The van der Waals surface area contributed by atoms with Crippen LogP contribution in [0.5, 0.6) is 0 Å². The molecule has 1 aliphatic rings. The van der Waals surface area contributed by atoms with Crippen LogP contribution in [0.4, 0.5) is 38.0 Å². The van der Waals surface area contributed by atoms with Crippen LogP contribution in [0.2, 0.25) is 0 Å². The van der Waals surface area contributed by atoms with E-state index in [-0.39, 0.29) is 18.2 Å². The Kier molecular flexibility index (Phi) is 8.01. The molecular weight excluding hydrogens is 492 g/mol. The van der Waals surface area contributed by atoms with Gasteiger partial charge in [0.25, 0.3) is 5.91 Å². The average Bonchev–Trinajstić information content (AvgIpc) is 2.78. The third-order valence-corrected chi connectivity index (χ3v) is 5.88. The molecule has 1 aromatic carbocycles. The molecule has 0 bridgehead atoms. The first-order valence-electron chi connectivity index (χ1n) is 11.2. The molecule has 3 rings (SSSR count). The first-order chi connectivity index (χ1) is 16.6. The van der Waals surface area contributed by atoms with Gasteiger partial charge < -0.3 is 20.6 Å². The Morgan fingerprint density at radius 3 is 1.97 bits per heavy atom. The molecule has 1 unspecified atom stereocenters. The number of carbonyl (C=O) groups excluding carboxylic acids is 1. The van der Waals surface area contributed by atoms with Gasteiger partial charge in [0.1, 0.15) is 17.5 Å². The summed E-state index contributed by atoms with van der Waals surface area (Å²) < 4.78 is 78.5. The number of nitrogens with one attached hydrogen (secondary N) is 2. The fourth-order valence-corrected chi connectivity index (χ4v) is 4.01. The average molecular weight is 519 g/mol. The lowest BCUT2D eigenvalue weighted by Gasteiger charge is -2.30. The number of amides is 1. The van der Waals surface area contributed by atoms with Crippen molar-refractivity contribution in [2.45, 2.75) is 63.1 Å². The molecule has 7 nitrogen and oxygen atoms in total. The van der Waals surface area contributed by atoms with Gasteiger partial charge in [-0.05, 0) is 56.4 Å². The van der Waals surface area contributed by atoms with Crippen molar-refractivity contribution in [3.8, 4) is 0 Å². The van der Waals surface area contributed by atoms with E-state index in [1.165, 1.54) is 0 Å². The van der Waals surface area contributed by atoms with Crippen LogP contribution in [0.25, 0.3) is 0 Å². The minimum atomic E-state index is -5.08. The maximum Gasteiger partial charge on any atom is 0.416 e. The van der Waals surface area contributed by atoms with Crippen molar-refractivity contribution in [3.63, 3.8) is 0 Å². The molecule has 2 aromatic rings. The van der Waals surface area contributed by atoms with Gasteiger partial charge in [-0.15, -0.1) is 0 Å². The lowest BCUT2D eigenvalue weighted by molar-refractivity contribution is -0.143. The Morgan fingerprint density at radius 2 is 1.47 bits per heavy atom. The van der Waals surface area contributed by atoms with Crippen LogP contribution >= 0.6 is 0 Å². The van der Waals surface area contributed by atoms with Crippen LogP contribution in [-0.4, -0.2) is 47.2 Å². The monoisotopic (exact) mass is 519 g/mol. The third kappa shape index (κ3) is 6.99. The molecule has 1 fully saturated rings. The number of alkyl halides is 6. The molecule has 3 N–H and O–H groups in total. The summed E-state index contributed by atoms with van der Waals surface area (Å²) in [5, 5.41) is 16.1. The fraction of sp³-hybridized carbons (Fsp3) is 0.522. The number of benzene rings is 1. The third-order valence-electron chi connectivity index (χ3n) is 5.88. The Hall–Kier alpha value is -3.09. The number of aromatic nitrogens is 2. The van der Waals surface area contributed by atoms with E-state index in [4.69, 9.17) is 0 Å². The van der Waals surface area contributed by atoms with Gasteiger partial charge >= 0.3 is 12.4 Å². The van der Waals surface area contributed by atoms with Gasteiger partial charge in [0.15, 0.2) is 6.10 Å². The summed E-state index contributed by atoms with van der Waals surface area (Å²) in [4.78, 5) is 23.0. The van der Waals surface area contributed by atoms with Crippen LogP contribution in [0.3, 0.4) is 0 Å².